The van der Waals surface area contributed by atoms with Gasteiger partial charge in [0.1, 0.15) is 0 Å². The van der Waals surface area contributed by atoms with Crippen molar-refractivity contribution in [3.63, 3.8) is 0 Å². The van der Waals surface area contributed by atoms with Gasteiger partial charge in [0.05, 0.1) is 18.5 Å². The molecule has 27 heavy (non-hydrogen) atoms. The number of benzene rings is 1. The molecular weight excluding hydrogens is 358 g/mol. The van der Waals surface area contributed by atoms with E-state index in [-0.39, 0.29) is 11.8 Å². The van der Waals surface area contributed by atoms with Crippen molar-refractivity contribution in [2.75, 3.05) is 12.4 Å². The largest absolute Gasteiger partial charge is 0.359 e. The van der Waals surface area contributed by atoms with Crippen molar-refractivity contribution in [3.05, 3.63) is 75.2 Å². The van der Waals surface area contributed by atoms with E-state index in [9.17, 15) is 9.59 Å². The SMILES string of the molecule is CNC(=O)Cc1ccc(NC(=O)c2cc(C)n(Cc3cccs3)c2C)cc1. The van der Waals surface area contributed by atoms with Crippen LogP contribution in [-0.4, -0.2) is 23.4 Å². The minimum Gasteiger partial charge on any atom is -0.359 e. The first-order valence-corrected chi connectivity index (χ1v) is 9.66. The fourth-order valence-corrected chi connectivity index (χ4v) is 3.70. The minimum atomic E-state index is -0.125. The average molecular weight is 382 g/mol. The van der Waals surface area contributed by atoms with Crippen LogP contribution in [0.1, 0.15) is 32.2 Å². The zero-order valence-electron chi connectivity index (χ0n) is 15.7. The number of hydrogen-bond acceptors (Lipinski definition) is 3. The van der Waals surface area contributed by atoms with Crippen molar-refractivity contribution in [1.29, 1.82) is 0 Å². The Morgan fingerprint density at radius 1 is 1.11 bits per heavy atom. The van der Waals surface area contributed by atoms with E-state index in [2.05, 4.69) is 26.6 Å². The molecule has 6 heteroatoms. The van der Waals surface area contributed by atoms with E-state index in [4.69, 9.17) is 0 Å². The Labute approximate surface area is 163 Å². The molecule has 0 saturated carbocycles. The van der Waals surface area contributed by atoms with E-state index >= 15 is 0 Å². The van der Waals surface area contributed by atoms with Crippen molar-refractivity contribution in [2.24, 2.45) is 0 Å². The topological polar surface area (TPSA) is 63.1 Å². The van der Waals surface area contributed by atoms with Crippen LogP contribution in [0.3, 0.4) is 0 Å². The summed E-state index contributed by atoms with van der Waals surface area (Å²) in [6, 6.07) is 13.4. The molecule has 0 spiro atoms. The molecule has 1 aromatic carbocycles. The molecular formula is C21H23N3O2S. The molecule has 5 nitrogen and oxygen atoms in total. The average Bonchev–Trinajstić information content (AvgIpc) is 3.27. The van der Waals surface area contributed by atoms with Gasteiger partial charge in [0, 0.05) is 29.0 Å². The number of nitrogens with zero attached hydrogens (tertiary/aromatic N) is 1. The third-order valence-corrected chi connectivity index (χ3v) is 5.43. The first-order chi connectivity index (χ1) is 13.0. The molecule has 3 rings (SSSR count). The van der Waals surface area contributed by atoms with Gasteiger partial charge in [-0.25, -0.2) is 0 Å². The molecule has 0 bridgehead atoms. The Kier molecular flexibility index (Phi) is 5.76. The van der Waals surface area contributed by atoms with Gasteiger partial charge in [-0.15, -0.1) is 11.3 Å². The maximum atomic E-state index is 12.7. The lowest BCUT2D eigenvalue weighted by Crippen LogP contribution is -2.19. The second-order valence-corrected chi connectivity index (χ2v) is 7.48. The van der Waals surface area contributed by atoms with Gasteiger partial charge in [-0.05, 0) is 49.1 Å². The van der Waals surface area contributed by atoms with Gasteiger partial charge in [-0.1, -0.05) is 18.2 Å². The fraction of sp³-hybridized carbons (Fsp3) is 0.238. The van der Waals surface area contributed by atoms with Crippen LogP contribution in [0.25, 0.3) is 0 Å². The molecule has 140 valence electrons. The van der Waals surface area contributed by atoms with E-state index in [1.165, 1.54) is 4.88 Å². The molecule has 2 amide bonds. The highest BCUT2D eigenvalue weighted by Gasteiger charge is 2.16. The predicted molar refractivity (Wildman–Crippen MR) is 109 cm³/mol. The van der Waals surface area contributed by atoms with Crippen molar-refractivity contribution >= 4 is 28.8 Å². The number of aryl methyl sites for hydroxylation is 1. The fourth-order valence-electron chi connectivity index (χ4n) is 3.01. The standard InChI is InChI=1S/C21H23N3O2S/c1-14-11-19(15(2)24(14)13-18-5-4-10-27-18)21(26)23-17-8-6-16(7-9-17)12-20(25)22-3/h4-11H,12-13H2,1-3H3,(H,22,25)(H,23,26). The van der Waals surface area contributed by atoms with Crippen LogP contribution in [0.4, 0.5) is 5.69 Å². The van der Waals surface area contributed by atoms with E-state index < -0.39 is 0 Å². The van der Waals surface area contributed by atoms with E-state index in [1.807, 2.05) is 50.2 Å². The maximum Gasteiger partial charge on any atom is 0.257 e. The van der Waals surface area contributed by atoms with Gasteiger partial charge >= 0.3 is 0 Å². The Morgan fingerprint density at radius 3 is 2.48 bits per heavy atom. The van der Waals surface area contributed by atoms with Gasteiger partial charge in [-0.3, -0.25) is 9.59 Å². The molecule has 0 aliphatic rings. The summed E-state index contributed by atoms with van der Waals surface area (Å²) in [6.45, 7) is 4.77. The highest BCUT2D eigenvalue weighted by molar-refractivity contribution is 7.09. The van der Waals surface area contributed by atoms with E-state index in [0.717, 1.165) is 23.5 Å². The molecule has 0 aliphatic carbocycles. The number of hydrogen-bond donors (Lipinski definition) is 2. The summed E-state index contributed by atoms with van der Waals surface area (Å²) >= 11 is 1.71. The van der Waals surface area contributed by atoms with E-state index in [1.54, 1.807) is 18.4 Å². The van der Waals surface area contributed by atoms with Gasteiger partial charge in [-0.2, -0.15) is 0 Å². The van der Waals surface area contributed by atoms with E-state index in [0.29, 0.717) is 17.7 Å². The van der Waals surface area contributed by atoms with Crippen molar-refractivity contribution < 1.29 is 9.59 Å². The highest BCUT2D eigenvalue weighted by atomic mass is 32.1. The summed E-state index contributed by atoms with van der Waals surface area (Å²) in [6.07, 6.45) is 0.328. The Hall–Kier alpha value is -2.86. The van der Waals surface area contributed by atoms with Crippen LogP contribution in [0.15, 0.2) is 47.8 Å². The lowest BCUT2D eigenvalue weighted by Gasteiger charge is -2.09. The summed E-state index contributed by atoms with van der Waals surface area (Å²) in [7, 11) is 1.62. The van der Waals surface area contributed by atoms with Gasteiger partial charge in [0.2, 0.25) is 5.91 Å². The monoisotopic (exact) mass is 381 g/mol. The number of nitrogens with one attached hydrogen (secondary N) is 2. The van der Waals surface area contributed by atoms with Crippen LogP contribution in [0.5, 0.6) is 0 Å². The van der Waals surface area contributed by atoms with Crippen molar-refractivity contribution in [2.45, 2.75) is 26.8 Å². The van der Waals surface area contributed by atoms with Gasteiger partial charge in [0.15, 0.2) is 0 Å². The summed E-state index contributed by atoms with van der Waals surface area (Å²) in [5.74, 6) is -0.162. The number of amides is 2. The zero-order valence-corrected chi connectivity index (χ0v) is 16.5. The number of aromatic nitrogens is 1. The molecule has 0 fully saturated rings. The lowest BCUT2D eigenvalue weighted by molar-refractivity contribution is -0.119. The molecule has 0 aliphatic heterocycles. The number of carbonyl (C=O) groups excluding carboxylic acids is 2. The first kappa shape index (κ1) is 18.9. The van der Waals surface area contributed by atoms with Crippen LogP contribution in [0.2, 0.25) is 0 Å². The summed E-state index contributed by atoms with van der Waals surface area (Å²) in [5.41, 5.74) is 4.31. The number of carbonyl (C=O) groups is 2. The highest BCUT2D eigenvalue weighted by Crippen LogP contribution is 2.20. The van der Waals surface area contributed by atoms with Crippen LogP contribution in [-0.2, 0) is 17.8 Å². The maximum absolute atomic E-state index is 12.7. The van der Waals surface area contributed by atoms with Crippen molar-refractivity contribution in [3.8, 4) is 0 Å². The molecule has 0 unspecified atom stereocenters. The molecule has 0 atom stereocenters. The second-order valence-electron chi connectivity index (χ2n) is 6.45. The Morgan fingerprint density at radius 2 is 1.85 bits per heavy atom. The molecule has 2 aromatic heterocycles. The smallest absolute Gasteiger partial charge is 0.257 e. The summed E-state index contributed by atoms with van der Waals surface area (Å²) in [4.78, 5) is 25.4. The van der Waals surface area contributed by atoms with Gasteiger partial charge < -0.3 is 15.2 Å². The molecule has 0 saturated heterocycles. The second kappa shape index (κ2) is 8.22. The minimum absolute atomic E-state index is 0.0371. The Bertz CT molecular complexity index is 941. The molecule has 2 heterocycles. The van der Waals surface area contributed by atoms with Crippen molar-refractivity contribution in [1.82, 2.24) is 9.88 Å². The quantitative estimate of drug-likeness (QED) is 0.683. The first-order valence-electron chi connectivity index (χ1n) is 8.78. The number of rotatable bonds is 6. The van der Waals surface area contributed by atoms with Crippen LogP contribution in [0, 0.1) is 13.8 Å². The third kappa shape index (κ3) is 4.46. The van der Waals surface area contributed by atoms with Gasteiger partial charge in [0.25, 0.3) is 5.91 Å². The Balaban J connectivity index is 1.72. The zero-order chi connectivity index (χ0) is 19.4. The summed E-state index contributed by atoms with van der Waals surface area (Å²) < 4.78 is 2.16. The normalized spacial score (nSPS) is 10.6. The number of thiophene rings is 1. The van der Waals surface area contributed by atoms with Crippen LogP contribution < -0.4 is 10.6 Å². The lowest BCUT2D eigenvalue weighted by atomic mass is 10.1. The summed E-state index contributed by atoms with van der Waals surface area (Å²) in [5, 5.41) is 7.60. The number of anilines is 1. The third-order valence-electron chi connectivity index (χ3n) is 4.57. The number of likely N-dealkylation sites (N-methyl/N-ethyl adjacent to an activating group) is 1. The molecule has 0 radical (unpaired) electrons. The molecule has 3 aromatic rings. The molecule has 2 N–H and O–H groups in total. The van der Waals surface area contributed by atoms with Crippen LogP contribution >= 0.6 is 11.3 Å². The predicted octanol–water partition coefficient (Wildman–Crippen LogP) is 3.76.